The third-order valence-corrected chi connectivity index (χ3v) is 2.71. The van der Waals surface area contributed by atoms with Crippen molar-refractivity contribution in [2.75, 3.05) is 0 Å². The molecule has 0 amide bonds. The van der Waals surface area contributed by atoms with Crippen LogP contribution in [0.1, 0.15) is 18.3 Å². The van der Waals surface area contributed by atoms with Gasteiger partial charge in [0.25, 0.3) is 0 Å². The second kappa shape index (κ2) is 4.46. The zero-order chi connectivity index (χ0) is 11.8. The minimum Gasteiger partial charge on any atom is -0.393 e. The average Bonchev–Trinajstić information content (AvgIpc) is 2.23. The number of aromatic nitrogens is 2. The van der Waals surface area contributed by atoms with Crippen LogP contribution in [0.2, 0.25) is 5.02 Å². The number of aliphatic hydroxyl groups is 1. The highest BCUT2D eigenvalue weighted by atomic mass is 127. The van der Waals surface area contributed by atoms with Crippen molar-refractivity contribution in [1.82, 2.24) is 7.99 Å². The first-order chi connectivity index (χ1) is 6.73. The largest absolute Gasteiger partial charge is 0.435 e. The maximum absolute atomic E-state index is 12.4. The standard InChI is InChI=1S/C7H7ClF3IN2O/c1-3(15)2-4-5(8)6(7(9,10)11)14(12)13-4/h3,15H,2H2,1H3. The van der Waals surface area contributed by atoms with E-state index < -0.39 is 23.0 Å². The summed E-state index contributed by atoms with van der Waals surface area (Å²) in [6, 6.07) is 0. The van der Waals surface area contributed by atoms with E-state index in [0.717, 1.165) is 0 Å². The lowest BCUT2D eigenvalue weighted by Gasteiger charge is -2.05. The molecule has 1 rings (SSSR count). The lowest BCUT2D eigenvalue weighted by Crippen LogP contribution is -2.09. The van der Waals surface area contributed by atoms with Crippen molar-refractivity contribution in [3.8, 4) is 0 Å². The SMILES string of the molecule is CC(O)Cc1nn(I)c(C(F)(F)F)c1Cl. The summed E-state index contributed by atoms with van der Waals surface area (Å²) in [5.41, 5.74) is -0.950. The molecule has 0 aliphatic carbocycles. The van der Waals surface area contributed by atoms with E-state index in [0.29, 0.717) is 2.90 Å². The Hall–Kier alpha value is -0.0200. The van der Waals surface area contributed by atoms with Gasteiger partial charge in [-0.1, -0.05) is 11.6 Å². The molecule has 86 valence electrons. The van der Waals surface area contributed by atoms with Gasteiger partial charge in [-0.15, -0.1) is 0 Å². The van der Waals surface area contributed by atoms with E-state index >= 15 is 0 Å². The van der Waals surface area contributed by atoms with E-state index in [2.05, 4.69) is 5.10 Å². The number of rotatable bonds is 2. The van der Waals surface area contributed by atoms with E-state index in [1.165, 1.54) is 29.8 Å². The molecule has 1 heterocycles. The molecule has 0 aliphatic rings. The lowest BCUT2D eigenvalue weighted by atomic mass is 10.2. The van der Waals surface area contributed by atoms with Crippen molar-refractivity contribution in [3.05, 3.63) is 16.4 Å². The Morgan fingerprint density at radius 3 is 2.47 bits per heavy atom. The molecule has 15 heavy (non-hydrogen) atoms. The van der Waals surface area contributed by atoms with Crippen LogP contribution >= 0.6 is 34.5 Å². The first kappa shape index (κ1) is 13.0. The van der Waals surface area contributed by atoms with Gasteiger partial charge in [0.15, 0.2) is 5.69 Å². The highest BCUT2D eigenvalue weighted by Gasteiger charge is 2.39. The lowest BCUT2D eigenvalue weighted by molar-refractivity contribution is -0.141. The van der Waals surface area contributed by atoms with Gasteiger partial charge in [-0.05, 0) is 6.92 Å². The summed E-state index contributed by atoms with van der Waals surface area (Å²) in [6.45, 7) is 1.45. The Balaban J connectivity index is 3.15. The quantitative estimate of drug-likeness (QED) is 0.829. The molecule has 8 heteroatoms. The first-order valence-corrected chi connectivity index (χ1v) is 5.26. The van der Waals surface area contributed by atoms with Crippen molar-refractivity contribution >= 4 is 34.5 Å². The first-order valence-electron chi connectivity index (χ1n) is 3.92. The zero-order valence-corrected chi connectivity index (χ0v) is 10.4. The van der Waals surface area contributed by atoms with E-state index in [4.69, 9.17) is 16.7 Å². The van der Waals surface area contributed by atoms with Gasteiger partial charge in [0, 0.05) is 6.42 Å². The summed E-state index contributed by atoms with van der Waals surface area (Å²) >= 11 is 6.94. The summed E-state index contributed by atoms with van der Waals surface area (Å²) in [6.07, 6.45) is -5.32. The van der Waals surface area contributed by atoms with E-state index in [-0.39, 0.29) is 12.1 Å². The van der Waals surface area contributed by atoms with Gasteiger partial charge in [-0.25, -0.2) is 0 Å². The monoisotopic (exact) mass is 354 g/mol. The molecule has 0 radical (unpaired) electrons. The van der Waals surface area contributed by atoms with Crippen LogP contribution in [-0.4, -0.2) is 19.2 Å². The van der Waals surface area contributed by atoms with Crippen LogP contribution in [0.15, 0.2) is 0 Å². The Morgan fingerprint density at radius 1 is 1.60 bits per heavy atom. The van der Waals surface area contributed by atoms with Crippen LogP contribution in [-0.2, 0) is 12.6 Å². The number of hydrogen-bond donors (Lipinski definition) is 1. The van der Waals surface area contributed by atoms with Crippen LogP contribution in [0.5, 0.6) is 0 Å². The van der Waals surface area contributed by atoms with Gasteiger partial charge in [0.1, 0.15) is 0 Å². The van der Waals surface area contributed by atoms with Crippen LogP contribution in [0.3, 0.4) is 0 Å². The summed E-state index contributed by atoms with van der Waals surface area (Å²) in [5.74, 6) is 0. The smallest absolute Gasteiger partial charge is 0.393 e. The molecule has 0 bridgehead atoms. The maximum atomic E-state index is 12.4. The molecular weight excluding hydrogens is 347 g/mol. The summed E-state index contributed by atoms with van der Waals surface area (Å²) in [4.78, 5) is 0. The van der Waals surface area contributed by atoms with Gasteiger partial charge in [-0.2, -0.15) is 21.2 Å². The summed E-state index contributed by atoms with van der Waals surface area (Å²) in [7, 11) is 0. The molecule has 0 spiro atoms. The summed E-state index contributed by atoms with van der Waals surface area (Å²) in [5, 5.41) is 12.2. The molecule has 0 saturated heterocycles. The van der Waals surface area contributed by atoms with Crippen molar-refractivity contribution in [3.63, 3.8) is 0 Å². The molecule has 3 nitrogen and oxygen atoms in total. The van der Waals surface area contributed by atoms with Crippen molar-refractivity contribution in [2.45, 2.75) is 25.6 Å². The number of halogens is 5. The number of aliphatic hydroxyl groups excluding tert-OH is 1. The fraction of sp³-hybridized carbons (Fsp3) is 0.571. The number of hydrogen-bond acceptors (Lipinski definition) is 2. The Labute approximate surface area is 103 Å². The third kappa shape index (κ3) is 2.97. The van der Waals surface area contributed by atoms with Crippen LogP contribution < -0.4 is 0 Å². The average molecular weight is 354 g/mol. The topological polar surface area (TPSA) is 38.1 Å². The van der Waals surface area contributed by atoms with E-state index in [9.17, 15) is 13.2 Å². The number of alkyl halides is 3. The zero-order valence-electron chi connectivity index (χ0n) is 7.52. The Kier molecular flexibility index (Phi) is 3.88. The molecule has 0 fully saturated rings. The van der Waals surface area contributed by atoms with Crippen LogP contribution in [0, 0.1) is 0 Å². The Bertz CT molecular complexity index is 364. The predicted octanol–water partition coefficient (Wildman–Crippen LogP) is 2.68. The molecular formula is C7H7ClF3IN2O. The van der Waals surface area contributed by atoms with Gasteiger partial charge in [0.2, 0.25) is 0 Å². The van der Waals surface area contributed by atoms with Crippen LogP contribution in [0.25, 0.3) is 0 Å². The molecule has 1 N–H and O–H groups in total. The van der Waals surface area contributed by atoms with Crippen LogP contribution in [0.4, 0.5) is 13.2 Å². The number of nitrogens with zero attached hydrogens (tertiary/aromatic N) is 2. The second-order valence-electron chi connectivity index (χ2n) is 3.02. The molecule has 1 aromatic heterocycles. The minimum atomic E-state index is -4.54. The van der Waals surface area contributed by atoms with E-state index in [1.807, 2.05) is 0 Å². The normalized spacial score (nSPS) is 14.3. The molecule has 0 saturated carbocycles. The fourth-order valence-corrected chi connectivity index (χ4v) is 2.28. The second-order valence-corrected chi connectivity index (χ2v) is 4.31. The van der Waals surface area contributed by atoms with Crippen molar-refractivity contribution < 1.29 is 18.3 Å². The summed E-state index contributed by atoms with van der Waals surface area (Å²) < 4.78 is 38.0. The Morgan fingerprint density at radius 2 is 2.13 bits per heavy atom. The third-order valence-electron chi connectivity index (χ3n) is 1.61. The highest BCUT2D eigenvalue weighted by molar-refractivity contribution is 14.1. The maximum Gasteiger partial charge on any atom is 0.435 e. The predicted molar refractivity (Wildman–Crippen MR) is 57.0 cm³/mol. The van der Waals surface area contributed by atoms with E-state index in [1.54, 1.807) is 0 Å². The minimum absolute atomic E-state index is 0.00207. The van der Waals surface area contributed by atoms with Crippen molar-refractivity contribution in [2.24, 2.45) is 0 Å². The molecule has 1 atom stereocenters. The van der Waals surface area contributed by atoms with Gasteiger partial charge in [0.05, 0.1) is 39.7 Å². The van der Waals surface area contributed by atoms with Gasteiger partial charge < -0.3 is 5.11 Å². The molecule has 0 aliphatic heterocycles. The molecule has 1 unspecified atom stereocenters. The highest BCUT2D eigenvalue weighted by Crippen LogP contribution is 2.37. The van der Waals surface area contributed by atoms with Crippen molar-refractivity contribution in [1.29, 1.82) is 0 Å². The molecule has 0 aromatic carbocycles. The molecule has 1 aromatic rings. The van der Waals surface area contributed by atoms with Gasteiger partial charge in [-0.3, -0.25) is 0 Å². The van der Waals surface area contributed by atoms with Gasteiger partial charge >= 0.3 is 6.18 Å². The fourth-order valence-electron chi connectivity index (χ4n) is 1.06.